The summed E-state index contributed by atoms with van der Waals surface area (Å²) < 4.78 is 11.3. The highest BCUT2D eigenvalue weighted by molar-refractivity contribution is 6.11. The van der Waals surface area contributed by atoms with Crippen molar-refractivity contribution in [2.24, 2.45) is 0 Å². The van der Waals surface area contributed by atoms with Gasteiger partial charge < -0.3 is 14.8 Å². The van der Waals surface area contributed by atoms with Crippen LogP contribution < -0.4 is 14.8 Å². The number of carbonyl (C=O) groups excluding carboxylic acids is 1. The summed E-state index contributed by atoms with van der Waals surface area (Å²) in [5, 5.41) is 14.4. The number of anilines is 1. The Hall–Kier alpha value is -3.78. The van der Waals surface area contributed by atoms with Gasteiger partial charge in [-0.2, -0.15) is 5.26 Å². The van der Waals surface area contributed by atoms with E-state index in [0.717, 1.165) is 28.5 Å². The monoisotopic (exact) mass is 400 g/mol. The predicted octanol–water partition coefficient (Wildman–Crippen LogP) is 5.57. The first kappa shape index (κ1) is 20.9. The minimum absolute atomic E-state index is 0.00147. The van der Waals surface area contributed by atoms with Gasteiger partial charge in [0.05, 0.1) is 13.2 Å². The number of nitrogens with zero attached hydrogens (tertiary/aromatic N) is 1. The number of hydrogen-bond donors (Lipinski definition) is 1. The molecule has 0 aliphatic rings. The van der Waals surface area contributed by atoms with Crippen molar-refractivity contribution < 1.29 is 14.3 Å². The van der Waals surface area contributed by atoms with Crippen molar-refractivity contribution in [3.8, 4) is 17.6 Å². The summed E-state index contributed by atoms with van der Waals surface area (Å²) >= 11 is 0. The zero-order chi connectivity index (χ0) is 21.3. The van der Waals surface area contributed by atoms with E-state index in [2.05, 4.69) is 5.32 Å². The van der Waals surface area contributed by atoms with Crippen molar-refractivity contribution >= 4 is 28.4 Å². The molecule has 3 aromatic rings. The normalized spacial score (nSPS) is 11.0. The van der Waals surface area contributed by atoms with E-state index in [1.165, 1.54) is 0 Å². The second kappa shape index (κ2) is 10.1. The molecule has 0 radical (unpaired) electrons. The van der Waals surface area contributed by atoms with Crippen molar-refractivity contribution in [2.75, 3.05) is 18.5 Å². The van der Waals surface area contributed by atoms with Gasteiger partial charge in [0.15, 0.2) is 0 Å². The molecule has 0 atom stereocenters. The number of ether oxygens (including phenoxy) is 2. The minimum atomic E-state index is -0.476. The van der Waals surface area contributed by atoms with Crippen molar-refractivity contribution in [1.29, 1.82) is 5.26 Å². The highest BCUT2D eigenvalue weighted by Gasteiger charge is 2.14. The van der Waals surface area contributed by atoms with Crippen LogP contribution in [0.5, 0.6) is 11.5 Å². The number of rotatable bonds is 8. The maximum Gasteiger partial charge on any atom is 0.266 e. The summed E-state index contributed by atoms with van der Waals surface area (Å²) in [6.45, 7) is 5.06. The standard InChI is InChI=1S/C25H24N2O3/c1-3-15-30-24-14-9-18-7-5-6-8-22(18)23(24)16-19(17-26)25(28)27-20-10-12-21(13-11-20)29-4-2/h5-14,16H,3-4,15H2,1-2H3,(H,27,28)/b19-16+. The molecular weight excluding hydrogens is 376 g/mol. The van der Waals surface area contributed by atoms with Crippen LogP contribution in [0.3, 0.4) is 0 Å². The Bertz CT molecular complexity index is 1100. The van der Waals surface area contributed by atoms with Crippen molar-refractivity contribution in [3.05, 3.63) is 71.8 Å². The van der Waals surface area contributed by atoms with Crippen LogP contribution in [0.1, 0.15) is 25.8 Å². The van der Waals surface area contributed by atoms with Crippen LogP contribution in [0.25, 0.3) is 16.8 Å². The molecule has 0 heterocycles. The van der Waals surface area contributed by atoms with Crippen molar-refractivity contribution in [3.63, 3.8) is 0 Å². The molecule has 1 amide bonds. The molecule has 3 aromatic carbocycles. The maximum absolute atomic E-state index is 12.7. The second-order valence-electron chi connectivity index (χ2n) is 6.63. The lowest BCUT2D eigenvalue weighted by atomic mass is 10.0. The van der Waals surface area contributed by atoms with Gasteiger partial charge in [-0.3, -0.25) is 4.79 Å². The Balaban J connectivity index is 1.93. The molecule has 0 aliphatic heterocycles. The van der Waals surface area contributed by atoms with Gasteiger partial charge in [-0.25, -0.2) is 0 Å². The van der Waals surface area contributed by atoms with Gasteiger partial charge in [0.2, 0.25) is 0 Å². The third-order valence-electron chi connectivity index (χ3n) is 4.47. The molecule has 0 saturated heterocycles. The fraction of sp³-hybridized carbons (Fsp3) is 0.200. The van der Waals surface area contributed by atoms with Gasteiger partial charge in [-0.05, 0) is 60.5 Å². The van der Waals surface area contributed by atoms with Gasteiger partial charge >= 0.3 is 0 Å². The molecule has 3 rings (SSSR count). The molecule has 5 heteroatoms. The SMILES string of the molecule is CCCOc1ccc2ccccc2c1/C=C(\C#N)C(=O)Nc1ccc(OCC)cc1. The molecule has 0 fully saturated rings. The largest absolute Gasteiger partial charge is 0.494 e. The average Bonchev–Trinajstić information content (AvgIpc) is 2.77. The number of nitrogens with one attached hydrogen (secondary N) is 1. The first-order valence-corrected chi connectivity index (χ1v) is 9.96. The van der Waals surface area contributed by atoms with E-state index in [1.807, 2.05) is 56.3 Å². The Kier molecular flexibility index (Phi) is 7.07. The van der Waals surface area contributed by atoms with Crippen LogP contribution in [0.2, 0.25) is 0 Å². The second-order valence-corrected chi connectivity index (χ2v) is 6.63. The van der Waals surface area contributed by atoms with E-state index in [1.54, 1.807) is 30.3 Å². The Morgan fingerprint density at radius 2 is 1.80 bits per heavy atom. The molecule has 5 nitrogen and oxygen atoms in total. The van der Waals surface area contributed by atoms with Crippen LogP contribution in [-0.2, 0) is 4.79 Å². The predicted molar refractivity (Wildman–Crippen MR) is 120 cm³/mol. The molecule has 30 heavy (non-hydrogen) atoms. The van der Waals surface area contributed by atoms with E-state index in [4.69, 9.17) is 9.47 Å². The Labute approximate surface area is 176 Å². The van der Waals surface area contributed by atoms with Gasteiger partial charge in [0.25, 0.3) is 5.91 Å². The third-order valence-corrected chi connectivity index (χ3v) is 4.47. The molecule has 0 saturated carbocycles. The number of fused-ring (bicyclic) bond motifs is 1. The zero-order valence-electron chi connectivity index (χ0n) is 17.1. The van der Waals surface area contributed by atoms with Gasteiger partial charge in [0.1, 0.15) is 23.1 Å². The summed E-state index contributed by atoms with van der Waals surface area (Å²) in [6, 6.07) is 20.7. The highest BCUT2D eigenvalue weighted by Crippen LogP contribution is 2.30. The Morgan fingerprint density at radius 1 is 1.03 bits per heavy atom. The van der Waals surface area contributed by atoms with Crippen LogP contribution >= 0.6 is 0 Å². The molecule has 1 N–H and O–H groups in total. The van der Waals surface area contributed by atoms with E-state index in [0.29, 0.717) is 24.7 Å². The average molecular weight is 400 g/mol. The molecule has 0 bridgehead atoms. The lowest BCUT2D eigenvalue weighted by Crippen LogP contribution is -2.13. The van der Waals surface area contributed by atoms with Crippen LogP contribution in [0.15, 0.2) is 66.2 Å². The topological polar surface area (TPSA) is 71.3 Å². The van der Waals surface area contributed by atoms with Crippen LogP contribution in [0.4, 0.5) is 5.69 Å². The van der Waals surface area contributed by atoms with Crippen molar-refractivity contribution in [1.82, 2.24) is 0 Å². The van der Waals surface area contributed by atoms with Crippen molar-refractivity contribution in [2.45, 2.75) is 20.3 Å². The van der Waals surface area contributed by atoms with Gasteiger partial charge in [-0.1, -0.05) is 37.3 Å². The van der Waals surface area contributed by atoms with Crippen LogP contribution in [0, 0.1) is 11.3 Å². The first-order chi connectivity index (χ1) is 14.7. The maximum atomic E-state index is 12.7. The van der Waals surface area contributed by atoms with E-state index >= 15 is 0 Å². The third kappa shape index (κ3) is 4.98. The summed E-state index contributed by atoms with van der Waals surface area (Å²) in [7, 11) is 0. The molecule has 0 spiro atoms. The quantitative estimate of drug-likeness (QED) is 0.396. The summed E-state index contributed by atoms with van der Waals surface area (Å²) in [5.74, 6) is 0.897. The van der Waals surface area contributed by atoms with E-state index < -0.39 is 5.91 Å². The van der Waals surface area contributed by atoms with Crippen LogP contribution in [-0.4, -0.2) is 19.1 Å². The number of amides is 1. The smallest absolute Gasteiger partial charge is 0.266 e. The highest BCUT2D eigenvalue weighted by atomic mass is 16.5. The lowest BCUT2D eigenvalue weighted by molar-refractivity contribution is -0.112. The summed E-state index contributed by atoms with van der Waals surface area (Å²) in [6.07, 6.45) is 2.45. The number of nitriles is 1. The minimum Gasteiger partial charge on any atom is -0.494 e. The summed E-state index contributed by atoms with van der Waals surface area (Å²) in [4.78, 5) is 12.7. The molecule has 0 aliphatic carbocycles. The van der Waals surface area contributed by atoms with Gasteiger partial charge in [0, 0.05) is 11.3 Å². The van der Waals surface area contributed by atoms with E-state index in [9.17, 15) is 10.1 Å². The Morgan fingerprint density at radius 3 is 2.50 bits per heavy atom. The number of hydrogen-bond acceptors (Lipinski definition) is 4. The van der Waals surface area contributed by atoms with Gasteiger partial charge in [-0.15, -0.1) is 0 Å². The lowest BCUT2D eigenvalue weighted by Gasteiger charge is -2.12. The van der Waals surface area contributed by atoms with E-state index in [-0.39, 0.29) is 5.57 Å². The molecule has 0 aromatic heterocycles. The summed E-state index contributed by atoms with van der Waals surface area (Å²) in [5.41, 5.74) is 1.31. The zero-order valence-corrected chi connectivity index (χ0v) is 17.1. The fourth-order valence-electron chi connectivity index (χ4n) is 3.05. The number of benzene rings is 3. The fourth-order valence-corrected chi connectivity index (χ4v) is 3.05. The first-order valence-electron chi connectivity index (χ1n) is 9.96. The molecular formula is C25H24N2O3. The number of carbonyl (C=O) groups is 1. The molecule has 0 unspecified atom stereocenters. The molecule has 152 valence electrons.